The maximum absolute atomic E-state index is 12.7. The van der Waals surface area contributed by atoms with Crippen molar-refractivity contribution in [3.8, 4) is 0 Å². The van der Waals surface area contributed by atoms with E-state index < -0.39 is 0 Å². The predicted molar refractivity (Wildman–Crippen MR) is 88.7 cm³/mol. The molecule has 0 aromatic heterocycles. The summed E-state index contributed by atoms with van der Waals surface area (Å²) in [4.78, 5) is 14.7. The van der Waals surface area contributed by atoms with Gasteiger partial charge in [-0.25, -0.2) is 0 Å². The number of hydrogen-bond donors (Lipinski definition) is 1. The third-order valence-corrected chi connectivity index (χ3v) is 4.53. The fourth-order valence-electron chi connectivity index (χ4n) is 3.13. The van der Waals surface area contributed by atoms with Crippen LogP contribution in [0.3, 0.4) is 0 Å². The van der Waals surface area contributed by atoms with Crippen molar-refractivity contribution in [2.24, 2.45) is 11.3 Å². The molecule has 2 rings (SSSR count). The first kappa shape index (κ1) is 15.9. The van der Waals surface area contributed by atoms with Gasteiger partial charge in [-0.1, -0.05) is 32.9 Å². The van der Waals surface area contributed by atoms with Crippen LogP contribution in [0.4, 0.5) is 5.69 Å². The highest BCUT2D eigenvalue weighted by atomic mass is 16.2. The van der Waals surface area contributed by atoms with Crippen molar-refractivity contribution in [1.29, 1.82) is 0 Å². The lowest BCUT2D eigenvalue weighted by Crippen LogP contribution is -2.41. The number of piperidine rings is 1. The molecule has 0 spiro atoms. The second-order valence-corrected chi connectivity index (χ2v) is 7.01. The van der Waals surface area contributed by atoms with Gasteiger partial charge < -0.3 is 10.2 Å². The van der Waals surface area contributed by atoms with E-state index in [-0.39, 0.29) is 5.91 Å². The van der Waals surface area contributed by atoms with Gasteiger partial charge in [0.15, 0.2) is 0 Å². The largest absolute Gasteiger partial charge is 0.385 e. The van der Waals surface area contributed by atoms with E-state index >= 15 is 0 Å². The van der Waals surface area contributed by atoms with Crippen LogP contribution in [0, 0.1) is 11.3 Å². The molecule has 1 saturated heterocycles. The average molecular weight is 288 g/mol. The predicted octanol–water partition coefficient (Wildman–Crippen LogP) is 4.02. The van der Waals surface area contributed by atoms with Crippen molar-refractivity contribution >= 4 is 11.6 Å². The minimum absolute atomic E-state index is 0.166. The van der Waals surface area contributed by atoms with Gasteiger partial charge >= 0.3 is 0 Å². The number of carbonyl (C=O) groups excluding carboxylic acids is 1. The van der Waals surface area contributed by atoms with Crippen LogP contribution < -0.4 is 5.32 Å². The Morgan fingerprint density at radius 3 is 2.43 bits per heavy atom. The summed E-state index contributed by atoms with van der Waals surface area (Å²) in [5.41, 5.74) is 2.09. The number of nitrogens with one attached hydrogen (secondary N) is 1. The quantitative estimate of drug-likeness (QED) is 0.911. The normalized spacial score (nSPS) is 16.9. The zero-order valence-corrected chi connectivity index (χ0v) is 13.8. The number of likely N-dealkylation sites (tertiary alicyclic amines) is 1. The van der Waals surface area contributed by atoms with Gasteiger partial charge in [0, 0.05) is 25.3 Å². The summed E-state index contributed by atoms with van der Waals surface area (Å²) in [7, 11) is 0. The van der Waals surface area contributed by atoms with Gasteiger partial charge in [-0.3, -0.25) is 4.79 Å². The molecule has 1 aromatic carbocycles. The molecule has 1 N–H and O–H groups in total. The van der Waals surface area contributed by atoms with Gasteiger partial charge in [0.2, 0.25) is 0 Å². The highest BCUT2D eigenvalue weighted by molar-refractivity contribution is 5.99. The van der Waals surface area contributed by atoms with Crippen molar-refractivity contribution in [3.05, 3.63) is 29.8 Å². The summed E-state index contributed by atoms with van der Waals surface area (Å²) in [6, 6.07) is 7.82. The Morgan fingerprint density at radius 1 is 1.24 bits per heavy atom. The Hall–Kier alpha value is -1.51. The lowest BCUT2D eigenvalue weighted by molar-refractivity contribution is 0.0609. The molecule has 0 saturated carbocycles. The molecule has 21 heavy (non-hydrogen) atoms. The molecule has 0 radical (unpaired) electrons. The van der Waals surface area contributed by atoms with Crippen molar-refractivity contribution in [1.82, 2.24) is 4.90 Å². The molecule has 3 nitrogen and oxygen atoms in total. The minimum Gasteiger partial charge on any atom is -0.385 e. The lowest BCUT2D eigenvalue weighted by Gasteiger charge is -2.39. The third-order valence-electron chi connectivity index (χ3n) is 4.53. The van der Waals surface area contributed by atoms with Gasteiger partial charge in [-0.2, -0.15) is 0 Å². The van der Waals surface area contributed by atoms with E-state index in [9.17, 15) is 4.79 Å². The fourth-order valence-corrected chi connectivity index (χ4v) is 3.13. The Morgan fingerprint density at radius 2 is 1.86 bits per heavy atom. The average Bonchev–Trinajstić information content (AvgIpc) is 2.47. The van der Waals surface area contributed by atoms with Crippen LogP contribution in [-0.4, -0.2) is 30.4 Å². The second kappa shape index (κ2) is 6.50. The van der Waals surface area contributed by atoms with Crippen LogP contribution in [0.2, 0.25) is 0 Å². The zero-order chi connectivity index (χ0) is 15.5. The van der Waals surface area contributed by atoms with Crippen LogP contribution in [-0.2, 0) is 0 Å². The fraction of sp³-hybridized carbons (Fsp3) is 0.611. The first-order valence-corrected chi connectivity index (χ1v) is 8.05. The van der Waals surface area contributed by atoms with Crippen LogP contribution >= 0.6 is 0 Å². The van der Waals surface area contributed by atoms with Crippen molar-refractivity contribution in [3.63, 3.8) is 0 Å². The van der Waals surface area contributed by atoms with Crippen LogP contribution in [0.1, 0.15) is 50.9 Å². The SMILES string of the molecule is CCNc1ccccc1C(=O)N1CCC(C(C)(C)C)CC1. The van der Waals surface area contributed by atoms with Crippen LogP contribution in [0.25, 0.3) is 0 Å². The molecule has 1 amide bonds. The van der Waals surface area contributed by atoms with E-state index in [1.54, 1.807) is 0 Å². The standard InChI is InChI=1S/C18H28N2O/c1-5-19-16-9-7-6-8-15(16)17(21)20-12-10-14(11-13-20)18(2,3)4/h6-9,14,19H,5,10-13H2,1-4H3. The molecule has 1 fully saturated rings. The monoisotopic (exact) mass is 288 g/mol. The molecular formula is C18H28N2O. The Kier molecular flexibility index (Phi) is 4.92. The number of amides is 1. The first-order chi connectivity index (χ1) is 9.93. The number of nitrogens with zero attached hydrogens (tertiary/aromatic N) is 1. The van der Waals surface area contributed by atoms with Crippen LogP contribution in [0.15, 0.2) is 24.3 Å². The lowest BCUT2D eigenvalue weighted by atomic mass is 9.75. The topological polar surface area (TPSA) is 32.3 Å². The molecule has 1 aromatic rings. The summed E-state index contributed by atoms with van der Waals surface area (Å²) >= 11 is 0. The van der Waals surface area contributed by atoms with Gasteiger partial charge in [0.25, 0.3) is 5.91 Å². The third kappa shape index (κ3) is 3.78. The highest BCUT2D eigenvalue weighted by Gasteiger charge is 2.31. The molecule has 0 aliphatic carbocycles. The number of rotatable bonds is 3. The number of hydrogen-bond acceptors (Lipinski definition) is 2. The zero-order valence-electron chi connectivity index (χ0n) is 13.8. The summed E-state index contributed by atoms with van der Waals surface area (Å²) < 4.78 is 0. The molecule has 0 atom stereocenters. The van der Waals surface area contributed by atoms with Gasteiger partial charge in [-0.05, 0) is 43.2 Å². The van der Waals surface area contributed by atoms with Gasteiger partial charge in [-0.15, -0.1) is 0 Å². The Labute approximate surface area is 128 Å². The molecule has 1 heterocycles. The Bertz CT molecular complexity index is 482. The van der Waals surface area contributed by atoms with Crippen molar-refractivity contribution < 1.29 is 4.79 Å². The first-order valence-electron chi connectivity index (χ1n) is 8.05. The number of anilines is 1. The number of benzene rings is 1. The van der Waals surface area contributed by atoms with Crippen molar-refractivity contribution in [2.45, 2.75) is 40.5 Å². The summed E-state index contributed by atoms with van der Waals surface area (Å²) in [6.07, 6.45) is 2.22. The highest BCUT2D eigenvalue weighted by Crippen LogP contribution is 2.34. The smallest absolute Gasteiger partial charge is 0.255 e. The summed E-state index contributed by atoms with van der Waals surface area (Å²) in [6.45, 7) is 11.5. The molecule has 116 valence electrons. The van der Waals surface area contributed by atoms with E-state index in [2.05, 4.69) is 33.0 Å². The van der Waals surface area contributed by atoms with E-state index in [1.807, 2.05) is 29.2 Å². The molecule has 0 unspecified atom stereocenters. The molecular weight excluding hydrogens is 260 g/mol. The Balaban J connectivity index is 2.06. The van der Waals surface area contributed by atoms with E-state index in [1.165, 1.54) is 0 Å². The van der Waals surface area contributed by atoms with Gasteiger partial charge in [0.1, 0.15) is 0 Å². The molecule has 0 bridgehead atoms. The van der Waals surface area contributed by atoms with E-state index in [4.69, 9.17) is 0 Å². The maximum Gasteiger partial charge on any atom is 0.255 e. The van der Waals surface area contributed by atoms with Gasteiger partial charge in [0.05, 0.1) is 5.56 Å². The maximum atomic E-state index is 12.7. The van der Waals surface area contributed by atoms with E-state index in [0.717, 1.165) is 43.7 Å². The minimum atomic E-state index is 0.166. The molecule has 1 aliphatic rings. The summed E-state index contributed by atoms with van der Waals surface area (Å²) in [5.74, 6) is 0.879. The molecule has 3 heteroatoms. The second-order valence-electron chi connectivity index (χ2n) is 7.01. The van der Waals surface area contributed by atoms with E-state index in [0.29, 0.717) is 11.3 Å². The van der Waals surface area contributed by atoms with Crippen LogP contribution in [0.5, 0.6) is 0 Å². The van der Waals surface area contributed by atoms with Crippen molar-refractivity contribution in [2.75, 3.05) is 25.0 Å². The summed E-state index contributed by atoms with van der Waals surface area (Å²) in [5, 5.41) is 3.28. The number of carbonyl (C=O) groups is 1. The molecule has 1 aliphatic heterocycles. The number of para-hydroxylation sites is 1.